The van der Waals surface area contributed by atoms with Gasteiger partial charge in [0.05, 0.1) is 6.61 Å². The fourth-order valence-corrected chi connectivity index (χ4v) is 2.62. The maximum Gasteiger partial charge on any atom is 0.0593 e. The number of benzene rings is 1. The Morgan fingerprint density at radius 3 is 2.78 bits per heavy atom. The molecule has 0 saturated carbocycles. The Morgan fingerprint density at radius 2 is 2.22 bits per heavy atom. The molecule has 0 aliphatic carbocycles. The van der Waals surface area contributed by atoms with Gasteiger partial charge in [0.15, 0.2) is 0 Å². The normalized spacial score (nSPS) is 13.0. The molecule has 0 bridgehead atoms. The van der Waals surface area contributed by atoms with Crippen molar-refractivity contribution in [1.82, 2.24) is 4.90 Å². The molecule has 5 heteroatoms. The van der Waals surface area contributed by atoms with E-state index >= 15 is 0 Å². The molecule has 0 radical (unpaired) electrons. The Kier molecular flexibility index (Phi) is 7.19. The van der Waals surface area contributed by atoms with Crippen LogP contribution in [0.1, 0.15) is 18.5 Å². The van der Waals surface area contributed by atoms with Crippen LogP contribution in [0.25, 0.3) is 0 Å². The van der Waals surface area contributed by atoms with Crippen molar-refractivity contribution in [2.45, 2.75) is 13.0 Å². The van der Waals surface area contributed by atoms with Crippen LogP contribution in [0, 0.1) is 0 Å². The molecule has 1 rings (SSSR count). The average molecular weight is 336 g/mol. The minimum Gasteiger partial charge on any atom is -0.380 e. The summed E-state index contributed by atoms with van der Waals surface area (Å²) in [5.74, 6) is 0. The van der Waals surface area contributed by atoms with E-state index in [9.17, 15) is 0 Å². The zero-order chi connectivity index (χ0) is 13.5. The maximum atomic E-state index is 6.26. The summed E-state index contributed by atoms with van der Waals surface area (Å²) in [4.78, 5) is 2.17. The summed E-state index contributed by atoms with van der Waals surface area (Å²) in [5.41, 5.74) is 6.92. The van der Waals surface area contributed by atoms with Gasteiger partial charge in [0.25, 0.3) is 0 Å². The lowest BCUT2D eigenvalue weighted by Gasteiger charge is -2.28. The van der Waals surface area contributed by atoms with Crippen molar-refractivity contribution >= 4 is 27.5 Å². The van der Waals surface area contributed by atoms with Crippen molar-refractivity contribution in [2.24, 2.45) is 5.73 Å². The predicted octanol–water partition coefficient (Wildman–Crippen LogP) is 3.07. The monoisotopic (exact) mass is 334 g/mol. The number of rotatable bonds is 7. The molecule has 0 fully saturated rings. The molecule has 3 nitrogen and oxygen atoms in total. The molecule has 1 aromatic carbocycles. The maximum absolute atomic E-state index is 6.26. The van der Waals surface area contributed by atoms with Crippen molar-refractivity contribution in [3.63, 3.8) is 0 Å². The van der Waals surface area contributed by atoms with Crippen LogP contribution in [0.15, 0.2) is 22.7 Å². The summed E-state index contributed by atoms with van der Waals surface area (Å²) < 4.78 is 6.34. The van der Waals surface area contributed by atoms with Gasteiger partial charge in [-0.1, -0.05) is 33.6 Å². The molecular weight excluding hydrogens is 316 g/mol. The second-order valence-electron chi connectivity index (χ2n) is 4.09. The Bertz CT molecular complexity index is 376. The van der Waals surface area contributed by atoms with Gasteiger partial charge in [0.1, 0.15) is 0 Å². The smallest absolute Gasteiger partial charge is 0.0593 e. The third kappa shape index (κ3) is 4.52. The first-order valence-corrected chi connectivity index (χ1v) is 7.20. The largest absolute Gasteiger partial charge is 0.380 e. The Balaban J connectivity index is 2.75. The molecule has 0 aliphatic heterocycles. The molecule has 2 N–H and O–H groups in total. The van der Waals surface area contributed by atoms with E-state index in [-0.39, 0.29) is 6.04 Å². The van der Waals surface area contributed by atoms with E-state index in [2.05, 4.69) is 20.8 Å². The van der Waals surface area contributed by atoms with E-state index in [0.717, 1.165) is 28.2 Å². The summed E-state index contributed by atoms with van der Waals surface area (Å²) in [6, 6.07) is 6.02. The van der Waals surface area contributed by atoms with E-state index in [1.807, 2.05) is 32.2 Å². The quantitative estimate of drug-likeness (QED) is 0.778. The Hall–Kier alpha value is -0.130. The van der Waals surface area contributed by atoms with Gasteiger partial charge in [-0.2, -0.15) is 0 Å². The summed E-state index contributed by atoms with van der Waals surface area (Å²) in [5, 5.41) is 0.739. The van der Waals surface area contributed by atoms with Crippen LogP contribution in [0.5, 0.6) is 0 Å². The number of hydrogen-bond acceptors (Lipinski definition) is 3. The van der Waals surface area contributed by atoms with Gasteiger partial charge in [-0.25, -0.2) is 0 Å². The Labute approximate surface area is 122 Å². The highest BCUT2D eigenvalue weighted by Crippen LogP contribution is 2.28. The molecule has 102 valence electrons. The summed E-state index contributed by atoms with van der Waals surface area (Å²) in [6.07, 6.45) is 0. The minimum absolute atomic E-state index is 0.117. The van der Waals surface area contributed by atoms with Crippen molar-refractivity contribution in [3.8, 4) is 0 Å². The molecule has 0 aliphatic rings. The van der Waals surface area contributed by atoms with E-state index in [1.54, 1.807) is 0 Å². The van der Waals surface area contributed by atoms with E-state index < -0.39 is 0 Å². The van der Waals surface area contributed by atoms with Crippen molar-refractivity contribution in [3.05, 3.63) is 33.3 Å². The first kappa shape index (κ1) is 15.9. The van der Waals surface area contributed by atoms with E-state index in [0.29, 0.717) is 13.2 Å². The predicted molar refractivity (Wildman–Crippen MR) is 80.1 cm³/mol. The SMILES string of the molecule is CCOCCN(C)C(CN)c1ccc(Br)cc1Cl. The van der Waals surface area contributed by atoms with Crippen LogP contribution in [-0.2, 0) is 4.74 Å². The van der Waals surface area contributed by atoms with E-state index in [4.69, 9.17) is 22.1 Å². The van der Waals surface area contributed by atoms with Gasteiger partial charge in [-0.3, -0.25) is 4.90 Å². The molecule has 1 aromatic rings. The first-order chi connectivity index (χ1) is 8.60. The van der Waals surface area contributed by atoms with Crippen LogP contribution in [0.2, 0.25) is 5.02 Å². The van der Waals surface area contributed by atoms with Crippen molar-refractivity contribution in [2.75, 3.05) is 33.4 Å². The lowest BCUT2D eigenvalue weighted by molar-refractivity contribution is 0.108. The average Bonchev–Trinajstić information content (AvgIpc) is 2.33. The van der Waals surface area contributed by atoms with Gasteiger partial charge in [-0.15, -0.1) is 0 Å². The van der Waals surface area contributed by atoms with Crippen LogP contribution in [-0.4, -0.2) is 38.3 Å². The second kappa shape index (κ2) is 8.12. The molecule has 0 saturated heterocycles. The number of halogens is 2. The molecule has 1 unspecified atom stereocenters. The van der Waals surface area contributed by atoms with E-state index in [1.165, 1.54) is 0 Å². The highest BCUT2D eigenvalue weighted by Gasteiger charge is 2.18. The van der Waals surface area contributed by atoms with Crippen LogP contribution < -0.4 is 5.73 Å². The zero-order valence-corrected chi connectivity index (χ0v) is 13.2. The molecular formula is C13H20BrClN2O. The van der Waals surface area contributed by atoms with Gasteiger partial charge < -0.3 is 10.5 Å². The highest BCUT2D eigenvalue weighted by atomic mass is 79.9. The summed E-state index contributed by atoms with van der Waals surface area (Å²) >= 11 is 9.67. The third-order valence-electron chi connectivity index (χ3n) is 2.87. The molecule has 0 aromatic heterocycles. The number of nitrogens with two attached hydrogens (primary N) is 1. The number of ether oxygens (including phenoxy) is 1. The number of hydrogen-bond donors (Lipinski definition) is 1. The number of likely N-dealkylation sites (N-methyl/N-ethyl adjacent to an activating group) is 1. The van der Waals surface area contributed by atoms with Crippen molar-refractivity contribution < 1.29 is 4.74 Å². The minimum atomic E-state index is 0.117. The zero-order valence-electron chi connectivity index (χ0n) is 10.8. The standard InChI is InChI=1S/C13H20BrClN2O/c1-3-18-7-6-17(2)13(9-16)11-5-4-10(14)8-12(11)15/h4-5,8,13H,3,6-7,9,16H2,1-2H3. The highest BCUT2D eigenvalue weighted by molar-refractivity contribution is 9.10. The van der Waals surface area contributed by atoms with Crippen LogP contribution >= 0.6 is 27.5 Å². The lowest BCUT2D eigenvalue weighted by atomic mass is 10.1. The molecule has 0 spiro atoms. The lowest BCUT2D eigenvalue weighted by Crippen LogP contribution is -2.33. The van der Waals surface area contributed by atoms with Gasteiger partial charge in [0.2, 0.25) is 0 Å². The second-order valence-corrected chi connectivity index (χ2v) is 5.42. The van der Waals surface area contributed by atoms with Gasteiger partial charge >= 0.3 is 0 Å². The molecule has 18 heavy (non-hydrogen) atoms. The Morgan fingerprint density at radius 1 is 1.50 bits per heavy atom. The van der Waals surface area contributed by atoms with Crippen LogP contribution in [0.4, 0.5) is 0 Å². The molecule has 1 atom stereocenters. The molecule has 0 amide bonds. The third-order valence-corrected chi connectivity index (χ3v) is 3.69. The fraction of sp³-hybridized carbons (Fsp3) is 0.538. The first-order valence-electron chi connectivity index (χ1n) is 6.03. The van der Waals surface area contributed by atoms with Crippen molar-refractivity contribution in [1.29, 1.82) is 0 Å². The topological polar surface area (TPSA) is 38.5 Å². The van der Waals surface area contributed by atoms with Crippen LogP contribution in [0.3, 0.4) is 0 Å². The van der Waals surface area contributed by atoms with Gasteiger partial charge in [-0.05, 0) is 31.7 Å². The van der Waals surface area contributed by atoms with Gasteiger partial charge in [0, 0.05) is 35.2 Å². The summed E-state index contributed by atoms with van der Waals surface area (Å²) in [7, 11) is 2.04. The number of nitrogens with zero attached hydrogens (tertiary/aromatic N) is 1. The molecule has 0 heterocycles. The summed E-state index contributed by atoms with van der Waals surface area (Å²) in [6.45, 7) is 4.80. The fourth-order valence-electron chi connectivity index (χ4n) is 1.82.